The van der Waals surface area contributed by atoms with Crippen molar-refractivity contribution in [2.24, 2.45) is 11.7 Å². The van der Waals surface area contributed by atoms with Crippen molar-refractivity contribution in [3.8, 4) is 5.75 Å². The van der Waals surface area contributed by atoms with E-state index in [4.69, 9.17) is 10.5 Å². The van der Waals surface area contributed by atoms with Crippen LogP contribution in [0.1, 0.15) is 63.0 Å². The van der Waals surface area contributed by atoms with Crippen molar-refractivity contribution < 1.29 is 19.1 Å². The lowest BCUT2D eigenvalue weighted by Gasteiger charge is -2.24. The van der Waals surface area contributed by atoms with Crippen LogP contribution in [0.25, 0.3) is 11.0 Å². The van der Waals surface area contributed by atoms with E-state index in [2.05, 4.69) is 31.9 Å². The number of carbonyl (C=O) groups is 3. The molecular weight excluding hydrogens is 586 g/mol. The van der Waals surface area contributed by atoms with Crippen LogP contribution in [-0.2, 0) is 19.6 Å². The molecule has 2 unspecified atom stereocenters. The Morgan fingerprint density at radius 1 is 0.935 bits per heavy atom. The number of nitrogens with two attached hydrogens (primary N) is 1. The lowest BCUT2D eigenvalue weighted by atomic mass is 9.91. The normalized spacial score (nSPS) is 15.9. The number of ether oxygens (including phenoxy) is 1. The van der Waals surface area contributed by atoms with Gasteiger partial charge in [0, 0.05) is 31.1 Å². The Morgan fingerprint density at radius 3 is 2.22 bits per heavy atom. The van der Waals surface area contributed by atoms with Crippen LogP contribution in [-0.4, -0.2) is 60.0 Å². The third kappa shape index (κ3) is 6.63. The number of amides is 3. The molecule has 0 fully saturated rings. The summed E-state index contributed by atoms with van der Waals surface area (Å²) in [5.74, 6) is -0.462. The minimum absolute atomic E-state index is 0.0215. The van der Waals surface area contributed by atoms with Gasteiger partial charge in [-0.05, 0) is 58.4 Å². The maximum atomic E-state index is 13.4. The number of nitrogens with one attached hydrogen (secondary N) is 2. The van der Waals surface area contributed by atoms with Crippen molar-refractivity contribution >= 4 is 34.7 Å². The number of aryl methyl sites for hydroxylation is 4. The Kier molecular flexibility index (Phi) is 9.50. The Hall–Kier alpha value is -5.46. The minimum atomic E-state index is -0.618. The van der Waals surface area contributed by atoms with Gasteiger partial charge >= 0.3 is 0 Å². The number of fused-ring (bicyclic) bond motifs is 1. The van der Waals surface area contributed by atoms with Gasteiger partial charge in [-0.1, -0.05) is 36.5 Å². The number of hydrogen-bond donors (Lipinski definition) is 3. The zero-order valence-corrected chi connectivity index (χ0v) is 26.7. The second-order valence-corrected chi connectivity index (χ2v) is 11.0. The van der Waals surface area contributed by atoms with Gasteiger partial charge < -0.3 is 20.4 Å². The van der Waals surface area contributed by atoms with Crippen LogP contribution in [0.3, 0.4) is 0 Å². The summed E-state index contributed by atoms with van der Waals surface area (Å²) in [6.07, 6.45) is 12.6. The molecule has 46 heavy (non-hydrogen) atoms. The summed E-state index contributed by atoms with van der Waals surface area (Å²) >= 11 is 0. The topological polar surface area (TPSA) is 164 Å². The molecule has 4 N–H and O–H groups in total. The number of imidazole rings is 1. The highest BCUT2D eigenvalue weighted by Crippen LogP contribution is 2.31. The van der Waals surface area contributed by atoms with Crippen molar-refractivity contribution in [1.29, 1.82) is 0 Å². The molecule has 0 spiro atoms. The summed E-state index contributed by atoms with van der Waals surface area (Å²) in [4.78, 5) is 43.2. The molecular formula is C33H39N9O4. The monoisotopic (exact) mass is 625 g/mol. The Morgan fingerprint density at radius 2 is 1.59 bits per heavy atom. The molecule has 4 aromatic rings. The zero-order valence-electron chi connectivity index (χ0n) is 26.7. The van der Waals surface area contributed by atoms with Crippen molar-refractivity contribution in [3.05, 3.63) is 89.1 Å². The van der Waals surface area contributed by atoms with Gasteiger partial charge in [-0.3, -0.25) is 29.1 Å². The average Bonchev–Trinajstić information content (AvgIpc) is 3.73. The largest absolute Gasteiger partial charge is 0.494 e. The SMILES string of the molecule is CCn1nc(C)cc1C(=O)Nc1nc2cc(C(N)=O)cc(OC)c2n1CC=CCC1C=CC=CC1NC(=O)c1cc(C)nn1CC. The van der Waals surface area contributed by atoms with E-state index in [-0.39, 0.29) is 35.3 Å². The summed E-state index contributed by atoms with van der Waals surface area (Å²) in [7, 11) is 1.50. The highest BCUT2D eigenvalue weighted by molar-refractivity contribution is 6.04. The first-order valence-corrected chi connectivity index (χ1v) is 15.2. The highest BCUT2D eigenvalue weighted by Gasteiger charge is 2.24. The van der Waals surface area contributed by atoms with Gasteiger partial charge in [-0.15, -0.1) is 0 Å². The molecule has 3 heterocycles. The molecule has 13 nitrogen and oxygen atoms in total. The van der Waals surface area contributed by atoms with Crippen LogP contribution >= 0.6 is 0 Å². The van der Waals surface area contributed by atoms with E-state index in [1.54, 1.807) is 33.6 Å². The van der Waals surface area contributed by atoms with Gasteiger partial charge in [0.05, 0.1) is 30.1 Å². The minimum Gasteiger partial charge on any atom is -0.494 e. The molecule has 1 aliphatic rings. The van der Waals surface area contributed by atoms with Crippen LogP contribution in [0.15, 0.2) is 60.7 Å². The highest BCUT2D eigenvalue weighted by atomic mass is 16.5. The van der Waals surface area contributed by atoms with Gasteiger partial charge in [0.25, 0.3) is 11.8 Å². The van der Waals surface area contributed by atoms with Gasteiger partial charge in [0.2, 0.25) is 11.9 Å². The van der Waals surface area contributed by atoms with E-state index < -0.39 is 5.91 Å². The van der Waals surface area contributed by atoms with Crippen LogP contribution in [0.4, 0.5) is 5.95 Å². The van der Waals surface area contributed by atoms with E-state index in [0.29, 0.717) is 54.2 Å². The van der Waals surface area contributed by atoms with Crippen molar-refractivity contribution in [1.82, 2.24) is 34.4 Å². The Bertz CT molecular complexity index is 1870. The number of benzene rings is 1. The summed E-state index contributed by atoms with van der Waals surface area (Å²) in [5, 5.41) is 14.8. The molecule has 2 atom stereocenters. The van der Waals surface area contributed by atoms with E-state index in [1.807, 2.05) is 62.6 Å². The van der Waals surface area contributed by atoms with E-state index in [0.717, 1.165) is 11.4 Å². The molecule has 0 aliphatic heterocycles. The number of methoxy groups -OCH3 is 1. The van der Waals surface area contributed by atoms with Crippen LogP contribution in [0.2, 0.25) is 0 Å². The molecule has 240 valence electrons. The molecule has 0 bridgehead atoms. The number of aromatic nitrogens is 6. The van der Waals surface area contributed by atoms with Gasteiger partial charge in [0.15, 0.2) is 0 Å². The maximum Gasteiger partial charge on any atom is 0.276 e. The first-order valence-electron chi connectivity index (χ1n) is 15.2. The second-order valence-electron chi connectivity index (χ2n) is 11.0. The van der Waals surface area contributed by atoms with E-state index >= 15 is 0 Å². The first kappa shape index (κ1) is 31.9. The fraction of sp³-hybridized carbons (Fsp3) is 0.333. The molecule has 3 amide bonds. The molecule has 0 saturated heterocycles. The average molecular weight is 626 g/mol. The third-order valence-electron chi connectivity index (χ3n) is 7.81. The number of allylic oxidation sites excluding steroid dienone is 4. The van der Waals surface area contributed by atoms with Crippen molar-refractivity contribution in [3.63, 3.8) is 0 Å². The second kappa shape index (κ2) is 13.7. The molecule has 1 aromatic carbocycles. The first-order chi connectivity index (χ1) is 22.1. The predicted octanol–water partition coefficient (Wildman–Crippen LogP) is 3.93. The fourth-order valence-corrected chi connectivity index (χ4v) is 5.60. The summed E-state index contributed by atoms with van der Waals surface area (Å²) < 4.78 is 10.8. The van der Waals surface area contributed by atoms with Crippen molar-refractivity contribution in [2.75, 3.05) is 12.4 Å². The third-order valence-corrected chi connectivity index (χ3v) is 7.81. The number of carbonyl (C=O) groups excluding carboxylic acids is 3. The standard InChI is InChI=1S/C33H39N9O4/c1-6-41-26(16-20(3)38-41)31(44)35-24-14-9-8-12-22(24)13-10-11-15-40-29-25(18-23(30(34)43)19-28(29)46-5)36-33(40)37-32(45)27-17-21(4)39-42(27)7-2/h8-12,14,16-19,22,24H,6-7,13,15H2,1-5H3,(H2,34,43)(H,35,44)(H,36,37,45). The molecule has 13 heteroatoms. The number of primary amides is 1. The van der Waals surface area contributed by atoms with Crippen LogP contribution in [0, 0.1) is 19.8 Å². The van der Waals surface area contributed by atoms with Crippen LogP contribution < -0.4 is 21.1 Å². The lowest BCUT2D eigenvalue weighted by molar-refractivity contribution is 0.0925. The zero-order chi connectivity index (χ0) is 33.0. The molecule has 0 radical (unpaired) electrons. The summed E-state index contributed by atoms with van der Waals surface area (Å²) in [5.41, 5.74) is 9.30. The van der Waals surface area contributed by atoms with Crippen molar-refractivity contribution in [2.45, 2.75) is 59.8 Å². The molecule has 3 aromatic heterocycles. The number of anilines is 1. The quantitative estimate of drug-likeness (QED) is 0.201. The van der Waals surface area contributed by atoms with Gasteiger partial charge in [-0.25, -0.2) is 4.98 Å². The number of hydrogen-bond acceptors (Lipinski definition) is 7. The van der Waals surface area contributed by atoms with E-state index in [1.165, 1.54) is 7.11 Å². The molecule has 1 aliphatic carbocycles. The Labute approximate surface area is 266 Å². The number of rotatable bonds is 12. The lowest BCUT2D eigenvalue weighted by Crippen LogP contribution is -2.39. The smallest absolute Gasteiger partial charge is 0.276 e. The maximum absolute atomic E-state index is 13.4. The Balaban J connectivity index is 1.39. The summed E-state index contributed by atoms with van der Waals surface area (Å²) in [6.45, 7) is 9.02. The van der Waals surface area contributed by atoms with Crippen LogP contribution in [0.5, 0.6) is 5.75 Å². The molecule has 0 saturated carbocycles. The fourth-order valence-electron chi connectivity index (χ4n) is 5.60. The van der Waals surface area contributed by atoms with Gasteiger partial charge in [-0.2, -0.15) is 10.2 Å². The number of nitrogens with zero attached hydrogens (tertiary/aromatic N) is 6. The molecule has 5 rings (SSSR count). The van der Waals surface area contributed by atoms with Gasteiger partial charge in [0.1, 0.15) is 22.7 Å². The predicted molar refractivity (Wildman–Crippen MR) is 175 cm³/mol. The summed E-state index contributed by atoms with van der Waals surface area (Å²) in [6, 6.07) is 6.45. The van der Waals surface area contributed by atoms with E-state index in [9.17, 15) is 14.4 Å².